The van der Waals surface area contributed by atoms with Crippen molar-refractivity contribution < 1.29 is 9.53 Å². The van der Waals surface area contributed by atoms with Crippen molar-refractivity contribution >= 4 is 29.2 Å². The number of esters is 1. The average molecular weight is 327 g/mol. The second-order valence-electron chi connectivity index (χ2n) is 4.90. The first-order valence-corrected chi connectivity index (χ1v) is 7.26. The molecule has 0 amide bonds. The summed E-state index contributed by atoms with van der Waals surface area (Å²) in [6.45, 7) is 7.08. The zero-order chi connectivity index (χ0) is 15.7. The van der Waals surface area contributed by atoms with Crippen LogP contribution in [0.3, 0.4) is 0 Å². The maximum Gasteiger partial charge on any atom is 0.309 e. The van der Waals surface area contributed by atoms with Crippen LogP contribution in [0.15, 0.2) is 18.2 Å². The van der Waals surface area contributed by atoms with Crippen LogP contribution in [-0.2, 0) is 4.79 Å². The summed E-state index contributed by atoms with van der Waals surface area (Å²) in [6, 6.07) is 5.27. The Morgan fingerprint density at radius 2 is 1.95 bits per heavy atom. The summed E-state index contributed by atoms with van der Waals surface area (Å²) in [4.78, 5) is 11.3. The number of halogens is 2. The van der Waals surface area contributed by atoms with Crippen molar-refractivity contribution in [2.45, 2.75) is 33.7 Å². The van der Waals surface area contributed by atoms with Crippen LogP contribution >= 0.6 is 23.2 Å². The number of aryl methyl sites for hydroxylation is 1. The predicted octanol–water partition coefficient (Wildman–Crippen LogP) is 4.34. The predicted molar refractivity (Wildman–Crippen MR) is 83.3 cm³/mol. The Bertz CT molecular complexity index is 695. The van der Waals surface area contributed by atoms with Crippen LogP contribution in [0.1, 0.15) is 36.7 Å². The van der Waals surface area contributed by atoms with Crippen LogP contribution < -0.4 is 4.74 Å². The highest BCUT2D eigenvalue weighted by Gasteiger charge is 2.20. The van der Waals surface area contributed by atoms with E-state index in [1.54, 1.807) is 16.8 Å². The molecule has 0 spiro atoms. The maximum atomic E-state index is 11.3. The molecule has 0 saturated heterocycles. The first-order valence-electron chi connectivity index (χ1n) is 6.50. The average Bonchev–Trinajstić information content (AvgIpc) is 2.69. The normalized spacial score (nSPS) is 12.3. The Hall–Kier alpha value is -1.52. The second-order valence-corrected chi connectivity index (χ2v) is 5.72. The quantitative estimate of drug-likeness (QED) is 0.788. The van der Waals surface area contributed by atoms with Gasteiger partial charge >= 0.3 is 5.97 Å². The molecule has 0 aliphatic rings. The summed E-state index contributed by atoms with van der Waals surface area (Å²) in [5.41, 5.74) is 2.59. The summed E-state index contributed by atoms with van der Waals surface area (Å²) in [7, 11) is 0. The highest BCUT2D eigenvalue weighted by Crippen LogP contribution is 2.31. The summed E-state index contributed by atoms with van der Waals surface area (Å²) < 4.78 is 6.98. The van der Waals surface area contributed by atoms with Crippen LogP contribution in [0.4, 0.5) is 0 Å². The van der Waals surface area contributed by atoms with E-state index in [9.17, 15) is 4.79 Å². The smallest absolute Gasteiger partial charge is 0.309 e. The second kappa shape index (κ2) is 6.08. The topological polar surface area (TPSA) is 44.1 Å². The third-order valence-corrected chi connectivity index (χ3v) is 4.10. The van der Waals surface area contributed by atoms with Gasteiger partial charge in [0.1, 0.15) is 0 Å². The van der Waals surface area contributed by atoms with E-state index in [0.29, 0.717) is 15.9 Å². The van der Waals surface area contributed by atoms with Gasteiger partial charge in [-0.1, -0.05) is 29.3 Å². The van der Waals surface area contributed by atoms with Crippen molar-refractivity contribution in [2.75, 3.05) is 0 Å². The molecule has 6 heteroatoms. The number of hydrogen-bond acceptors (Lipinski definition) is 3. The van der Waals surface area contributed by atoms with Gasteiger partial charge in [0.05, 0.1) is 21.8 Å². The van der Waals surface area contributed by atoms with E-state index in [-0.39, 0.29) is 12.0 Å². The molecular weight excluding hydrogens is 311 g/mol. The number of rotatable bonds is 3. The molecule has 1 aromatic heterocycles. The number of hydrogen-bond donors (Lipinski definition) is 0. The highest BCUT2D eigenvalue weighted by molar-refractivity contribution is 6.42. The number of carbonyl (C=O) groups is 1. The Morgan fingerprint density at radius 1 is 1.29 bits per heavy atom. The van der Waals surface area contributed by atoms with Crippen molar-refractivity contribution in [3.05, 3.63) is 45.1 Å². The summed E-state index contributed by atoms with van der Waals surface area (Å²) >= 11 is 12.0. The van der Waals surface area contributed by atoms with Crippen LogP contribution in [0.25, 0.3) is 0 Å². The minimum atomic E-state index is -0.374. The van der Waals surface area contributed by atoms with Crippen LogP contribution in [-0.4, -0.2) is 15.7 Å². The number of benzene rings is 1. The van der Waals surface area contributed by atoms with E-state index in [0.717, 1.165) is 16.8 Å². The molecule has 2 aromatic rings. The number of carbonyl (C=O) groups excluding carboxylic acids is 1. The van der Waals surface area contributed by atoms with E-state index in [4.69, 9.17) is 27.9 Å². The van der Waals surface area contributed by atoms with Crippen molar-refractivity contribution in [1.82, 2.24) is 9.78 Å². The molecule has 0 aliphatic heterocycles. The molecule has 21 heavy (non-hydrogen) atoms. The molecule has 1 unspecified atom stereocenters. The molecule has 0 N–H and O–H groups in total. The first-order chi connectivity index (χ1) is 9.81. The standard InChI is InChI=1S/C15H16Cl2N2O2/c1-8-9(2)18-19(15(8)21-11(4)20)10(3)12-5-6-13(16)14(17)7-12/h5-7,10H,1-4H3. The Balaban J connectivity index is 2.47. The molecule has 1 aromatic carbocycles. The lowest BCUT2D eigenvalue weighted by atomic mass is 10.1. The molecule has 0 radical (unpaired) electrons. The third-order valence-electron chi connectivity index (χ3n) is 3.36. The number of ether oxygens (including phenoxy) is 1. The molecule has 0 bridgehead atoms. The lowest BCUT2D eigenvalue weighted by Crippen LogP contribution is -2.13. The number of aromatic nitrogens is 2. The molecule has 2 rings (SSSR count). The summed E-state index contributed by atoms with van der Waals surface area (Å²) in [6.07, 6.45) is 0. The van der Waals surface area contributed by atoms with Crippen LogP contribution in [0, 0.1) is 13.8 Å². The van der Waals surface area contributed by atoms with E-state index in [1.807, 2.05) is 26.8 Å². The maximum absolute atomic E-state index is 11.3. The lowest BCUT2D eigenvalue weighted by molar-refractivity contribution is -0.132. The minimum absolute atomic E-state index is 0.137. The molecule has 0 fully saturated rings. The molecule has 0 saturated carbocycles. The zero-order valence-corrected chi connectivity index (χ0v) is 13.8. The van der Waals surface area contributed by atoms with Gasteiger partial charge in [-0.15, -0.1) is 0 Å². The molecule has 4 nitrogen and oxygen atoms in total. The van der Waals surface area contributed by atoms with E-state index in [2.05, 4.69) is 5.10 Å². The van der Waals surface area contributed by atoms with Gasteiger partial charge in [0.15, 0.2) is 0 Å². The van der Waals surface area contributed by atoms with Gasteiger partial charge in [0.25, 0.3) is 0 Å². The van der Waals surface area contributed by atoms with Gasteiger partial charge in [-0.05, 0) is 38.5 Å². The molecule has 1 heterocycles. The largest absolute Gasteiger partial charge is 0.408 e. The van der Waals surface area contributed by atoms with Crippen LogP contribution in [0.5, 0.6) is 5.88 Å². The van der Waals surface area contributed by atoms with Gasteiger partial charge in [-0.25, -0.2) is 4.68 Å². The fourth-order valence-corrected chi connectivity index (χ4v) is 2.35. The summed E-state index contributed by atoms with van der Waals surface area (Å²) in [5, 5.41) is 5.44. The van der Waals surface area contributed by atoms with Gasteiger partial charge in [-0.2, -0.15) is 5.10 Å². The SMILES string of the molecule is CC(=O)Oc1c(C)c(C)nn1C(C)c1ccc(Cl)c(Cl)c1. The van der Waals surface area contributed by atoms with Crippen LogP contribution in [0.2, 0.25) is 10.0 Å². The van der Waals surface area contributed by atoms with E-state index >= 15 is 0 Å². The monoisotopic (exact) mass is 326 g/mol. The molecule has 1 atom stereocenters. The van der Waals surface area contributed by atoms with Crippen molar-refractivity contribution in [2.24, 2.45) is 0 Å². The van der Waals surface area contributed by atoms with Crippen molar-refractivity contribution in [3.8, 4) is 5.88 Å². The van der Waals surface area contributed by atoms with Crippen molar-refractivity contribution in [1.29, 1.82) is 0 Å². The number of nitrogens with zero attached hydrogens (tertiary/aromatic N) is 2. The van der Waals surface area contributed by atoms with Gasteiger partial charge < -0.3 is 4.74 Å². The van der Waals surface area contributed by atoms with Gasteiger partial charge in [0.2, 0.25) is 5.88 Å². The Labute approximate surface area is 133 Å². The van der Waals surface area contributed by atoms with E-state index in [1.165, 1.54) is 6.92 Å². The minimum Gasteiger partial charge on any atom is -0.408 e. The first kappa shape index (κ1) is 15.9. The summed E-state index contributed by atoms with van der Waals surface area (Å²) in [5.74, 6) is 0.0826. The van der Waals surface area contributed by atoms with Gasteiger partial charge in [-0.3, -0.25) is 4.79 Å². The molecule has 112 valence electrons. The fraction of sp³-hybridized carbons (Fsp3) is 0.333. The molecular formula is C15H16Cl2N2O2. The fourth-order valence-electron chi connectivity index (χ4n) is 2.04. The molecule has 0 aliphatic carbocycles. The third kappa shape index (κ3) is 3.22. The van der Waals surface area contributed by atoms with E-state index < -0.39 is 0 Å². The van der Waals surface area contributed by atoms with Crippen molar-refractivity contribution in [3.63, 3.8) is 0 Å². The Morgan fingerprint density at radius 3 is 2.52 bits per heavy atom. The Kier molecular flexibility index (Phi) is 4.59. The zero-order valence-electron chi connectivity index (χ0n) is 12.3. The van der Waals surface area contributed by atoms with Gasteiger partial charge in [0, 0.05) is 12.5 Å². The highest BCUT2D eigenvalue weighted by atomic mass is 35.5. The lowest BCUT2D eigenvalue weighted by Gasteiger charge is -2.16.